The number of halogens is 3. The fourth-order valence-electron chi connectivity index (χ4n) is 1.70. The average Bonchev–Trinajstić information content (AvgIpc) is 3.01. The number of ether oxygens (including phenoxy) is 2. The first-order chi connectivity index (χ1) is 9.95. The van der Waals surface area contributed by atoms with Gasteiger partial charge in [-0.1, -0.05) is 0 Å². The zero-order valence-corrected chi connectivity index (χ0v) is 11.0. The van der Waals surface area contributed by atoms with Crippen LogP contribution in [0.2, 0.25) is 0 Å². The van der Waals surface area contributed by atoms with Gasteiger partial charge in [-0.2, -0.15) is 22.9 Å². The molecule has 0 unspecified atom stereocenters. The lowest BCUT2D eigenvalue weighted by molar-refractivity contribution is -0.147. The summed E-state index contributed by atoms with van der Waals surface area (Å²) >= 11 is 4.72. The summed E-state index contributed by atoms with van der Waals surface area (Å²) in [4.78, 5) is 0. The van der Waals surface area contributed by atoms with Crippen LogP contribution in [0.1, 0.15) is 11.4 Å². The number of rotatable bonds is 2. The smallest absolute Gasteiger partial charge is 0.453 e. The van der Waals surface area contributed by atoms with E-state index in [4.69, 9.17) is 21.7 Å². The molecule has 0 bridgehead atoms. The Balaban J connectivity index is 1.94. The molecular formula is C11H7F3N4O2S. The molecule has 0 fully saturated rings. The Hall–Kier alpha value is -2.36. The van der Waals surface area contributed by atoms with E-state index in [0.29, 0.717) is 21.7 Å². The van der Waals surface area contributed by atoms with Crippen molar-refractivity contribution in [2.75, 3.05) is 6.79 Å². The first-order valence-electron chi connectivity index (χ1n) is 5.64. The number of hydrogen-bond donors (Lipinski definition) is 1. The number of fused-ring (bicyclic) bond motifs is 1. The number of alkyl halides is 3. The van der Waals surface area contributed by atoms with Crippen molar-refractivity contribution >= 4 is 18.4 Å². The molecule has 1 aromatic heterocycles. The first-order valence-corrected chi connectivity index (χ1v) is 6.04. The van der Waals surface area contributed by atoms with E-state index in [-0.39, 0.29) is 11.6 Å². The highest BCUT2D eigenvalue weighted by atomic mass is 32.1. The van der Waals surface area contributed by atoms with Gasteiger partial charge in [-0.05, 0) is 36.0 Å². The Morgan fingerprint density at radius 1 is 1.33 bits per heavy atom. The summed E-state index contributed by atoms with van der Waals surface area (Å²) in [6.45, 7) is 0.112. The molecular weight excluding hydrogens is 309 g/mol. The van der Waals surface area contributed by atoms with E-state index in [2.05, 4.69) is 15.3 Å². The van der Waals surface area contributed by atoms with Crippen molar-refractivity contribution in [2.45, 2.75) is 6.18 Å². The minimum Gasteiger partial charge on any atom is -0.454 e. The number of benzene rings is 1. The minimum atomic E-state index is -4.65. The zero-order valence-electron chi connectivity index (χ0n) is 10.2. The second-order valence-electron chi connectivity index (χ2n) is 4.02. The number of nitrogens with one attached hydrogen (secondary N) is 1. The number of H-pyrrole nitrogens is 1. The van der Waals surface area contributed by atoms with E-state index in [0.717, 1.165) is 0 Å². The largest absolute Gasteiger partial charge is 0.454 e. The lowest BCUT2D eigenvalue weighted by atomic mass is 10.2. The Kier molecular flexibility index (Phi) is 3.16. The van der Waals surface area contributed by atoms with Crippen LogP contribution in [0, 0.1) is 4.77 Å². The molecule has 21 heavy (non-hydrogen) atoms. The van der Waals surface area contributed by atoms with Crippen molar-refractivity contribution in [3.05, 3.63) is 34.4 Å². The normalized spacial score (nSPS) is 14.0. The molecule has 3 rings (SSSR count). The van der Waals surface area contributed by atoms with Crippen LogP contribution >= 0.6 is 12.2 Å². The van der Waals surface area contributed by atoms with E-state index in [1.54, 1.807) is 18.2 Å². The summed E-state index contributed by atoms with van der Waals surface area (Å²) in [6, 6.07) is 4.87. The third kappa shape index (κ3) is 2.61. The molecule has 110 valence electrons. The van der Waals surface area contributed by atoms with Gasteiger partial charge < -0.3 is 9.47 Å². The van der Waals surface area contributed by atoms with Gasteiger partial charge in [0, 0.05) is 0 Å². The molecule has 1 aliphatic rings. The third-order valence-electron chi connectivity index (χ3n) is 2.62. The molecule has 6 nitrogen and oxygen atoms in total. The van der Waals surface area contributed by atoms with Crippen LogP contribution in [0.15, 0.2) is 23.3 Å². The number of aromatic nitrogens is 3. The molecule has 10 heteroatoms. The van der Waals surface area contributed by atoms with E-state index in [9.17, 15) is 13.2 Å². The van der Waals surface area contributed by atoms with Crippen LogP contribution in [-0.4, -0.2) is 27.9 Å². The fraction of sp³-hybridized carbons (Fsp3) is 0.182. The van der Waals surface area contributed by atoms with Crippen molar-refractivity contribution in [3.63, 3.8) is 0 Å². The van der Waals surface area contributed by atoms with Gasteiger partial charge in [0.2, 0.25) is 11.6 Å². The van der Waals surface area contributed by atoms with E-state index >= 15 is 0 Å². The van der Waals surface area contributed by atoms with Crippen molar-refractivity contribution in [1.82, 2.24) is 14.9 Å². The van der Waals surface area contributed by atoms with E-state index < -0.39 is 12.0 Å². The van der Waals surface area contributed by atoms with Gasteiger partial charge in [-0.15, -0.1) is 5.10 Å². The Morgan fingerprint density at radius 3 is 2.86 bits per heavy atom. The lowest BCUT2D eigenvalue weighted by Gasteiger charge is -2.04. The zero-order chi connectivity index (χ0) is 15.0. The number of aromatic amines is 1. The van der Waals surface area contributed by atoms with E-state index in [1.807, 2.05) is 0 Å². The second-order valence-corrected chi connectivity index (χ2v) is 4.41. The molecule has 0 saturated carbocycles. The topological polar surface area (TPSA) is 64.4 Å². The maximum Gasteiger partial charge on any atom is 0.453 e. The van der Waals surface area contributed by atoms with Crippen LogP contribution in [0.25, 0.3) is 0 Å². The summed E-state index contributed by atoms with van der Waals surface area (Å²) in [5.41, 5.74) is 0.537. The Morgan fingerprint density at radius 2 is 2.10 bits per heavy atom. The highest BCUT2D eigenvalue weighted by molar-refractivity contribution is 7.71. The van der Waals surface area contributed by atoms with Gasteiger partial charge in [0.15, 0.2) is 11.5 Å². The van der Waals surface area contributed by atoms with Gasteiger partial charge in [0.1, 0.15) is 0 Å². The summed E-state index contributed by atoms with van der Waals surface area (Å²) in [5, 5.41) is 8.88. The maximum absolute atomic E-state index is 12.7. The molecule has 0 radical (unpaired) electrons. The molecule has 0 aliphatic carbocycles. The Bertz CT molecular complexity index is 766. The monoisotopic (exact) mass is 316 g/mol. The molecule has 2 aromatic rings. The maximum atomic E-state index is 12.7. The number of hydrogen-bond acceptors (Lipinski definition) is 5. The SMILES string of the molecule is FC(F)(F)c1n[nH]c(=S)n1/N=C/c1ccc2c(c1)OCO2. The molecule has 2 heterocycles. The van der Waals surface area contributed by atoms with Gasteiger partial charge in [-0.25, -0.2) is 5.10 Å². The molecule has 1 aliphatic heterocycles. The van der Waals surface area contributed by atoms with Gasteiger partial charge >= 0.3 is 6.18 Å². The van der Waals surface area contributed by atoms with Crippen LogP contribution in [0.5, 0.6) is 11.5 Å². The van der Waals surface area contributed by atoms with Crippen LogP contribution in [-0.2, 0) is 6.18 Å². The summed E-state index contributed by atoms with van der Waals surface area (Å²) in [7, 11) is 0. The van der Waals surface area contributed by atoms with Gasteiger partial charge in [0.25, 0.3) is 5.82 Å². The highest BCUT2D eigenvalue weighted by Crippen LogP contribution is 2.32. The summed E-state index contributed by atoms with van der Waals surface area (Å²) < 4.78 is 48.7. The number of nitrogens with zero attached hydrogens (tertiary/aromatic N) is 3. The average molecular weight is 316 g/mol. The standard InChI is InChI=1S/C11H7F3N4O2S/c12-11(13,14)9-16-17-10(21)18(9)15-4-6-1-2-7-8(3-6)20-5-19-7/h1-4H,5H2,(H,17,21)/b15-4+. The first kappa shape index (κ1) is 13.6. The van der Waals surface area contributed by atoms with Crippen LogP contribution in [0.3, 0.4) is 0 Å². The van der Waals surface area contributed by atoms with Crippen molar-refractivity contribution < 1.29 is 22.6 Å². The van der Waals surface area contributed by atoms with Crippen molar-refractivity contribution in [2.24, 2.45) is 5.10 Å². The summed E-state index contributed by atoms with van der Waals surface area (Å²) in [5.74, 6) is -0.140. The fourth-order valence-corrected chi connectivity index (χ4v) is 1.88. The van der Waals surface area contributed by atoms with Gasteiger partial charge in [-0.3, -0.25) is 0 Å². The van der Waals surface area contributed by atoms with Crippen molar-refractivity contribution in [1.29, 1.82) is 0 Å². The second kappa shape index (κ2) is 4.88. The van der Waals surface area contributed by atoms with Crippen molar-refractivity contribution in [3.8, 4) is 11.5 Å². The Labute approximate surface area is 120 Å². The predicted molar refractivity (Wildman–Crippen MR) is 68.0 cm³/mol. The lowest BCUT2D eigenvalue weighted by Crippen LogP contribution is -2.12. The molecule has 1 aromatic carbocycles. The van der Waals surface area contributed by atoms with Gasteiger partial charge in [0.05, 0.1) is 6.21 Å². The van der Waals surface area contributed by atoms with E-state index in [1.165, 1.54) is 6.21 Å². The molecule has 0 atom stereocenters. The summed E-state index contributed by atoms with van der Waals surface area (Å²) in [6.07, 6.45) is -3.43. The predicted octanol–water partition coefficient (Wildman–Crippen LogP) is 2.57. The molecule has 0 saturated heterocycles. The molecule has 1 N–H and O–H groups in total. The van der Waals surface area contributed by atoms with Crippen LogP contribution < -0.4 is 9.47 Å². The quantitative estimate of drug-likeness (QED) is 0.683. The molecule has 0 amide bonds. The minimum absolute atomic E-state index is 0.112. The highest BCUT2D eigenvalue weighted by Gasteiger charge is 2.37. The third-order valence-corrected chi connectivity index (χ3v) is 2.89. The van der Waals surface area contributed by atoms with Crippen LogP contribution in [0.4, 0.5) is 13.2 Å². The molecule has 0 spiro atoms.